The fourth-order valence-corrected chi connectivity index (χ4v) is 6.97. The Morgan fingerprint density at radius 3 is 2.67 bits per heavy atom. The average molecular weight is 636 g/mol. The smallest absolute Gasteiger partial charge is 0.264 e. The van der Waals surface area contributed by atoms with E-state index in [9.17, 15) is 23.1 Å². The number of aryl methyl sites for hydroxylation is 1. The Balaban J connectivity index is 1.27. The van der Waals surface area contributed by atoms with Gasteiger partial charge in [-0.15, -0.1) is 11.3 Å². The SMILES string of the molecule is Cc1c(-c2ccc(CN3CCC(O)CC3)cc2)cc(C(F)F)c2cn(C(C(=O)Nc3nccs3)c3ncn4c3C[C@@H](F)C4)nc12. The van der Waals surface area contributed by atoms with Gasteiger partial charge in [-0.25, -0.2) is 23.1 Å². The minimum atomic E-state index is -2.79. The zero-order valence-corrected chi connectivity index (χ0v) is 25.4. The quantitative estimate of drug-likeness (QED) is 0.228. The molecule has 0 saturated carbocycles. The number of carbonyl (C=O) groups is 1. The minimum Gasteiger partial charge on any atom is -0.393 e. The molecule has 9 nitrogen and oxygen atoms in total. The normalized spacial score (nSPS) is 18.1. The summed E-state index contributed by atoms with van der Waals surface area (Å²) in [5.74, 6) is -0.503. The molecule has 2 aromatic carbocycles. The zero-order chi connectivity index (χ0) is 31.2. The number of rotatable bonds is 8. The lowest BCUT2D eigenvalue weighted by Crippen LogP contribution is -2.35. The minimum absolute atomic E-state index is 0.0956. The van der Waals surface area contributed by atoms with Crippen molar-refractivity contribution in [2.24, 2.45) is 0 Å². The molecule has 1 amide bonds. The molecule has 7 rings (SSSR count). The first kappa shape index (κ1) is 29.6. The van der Waals surface area contributed by atoms with E-state index < -0.39 is 24.5 Å². The Hall–Kier alpha value is -4.07. The van der Waals surface area contributed by atoms with Crippen LogP contribution in [-0.4, -0.2) is 65.6 Å². The summed E-state index contributed by atoms with van der Waals surface area (Å²) in [6.45, 7) is 4.39. The van der Waals surface area contributed by atoms with Crippen molar-refractivity contribution in [3.05, 3.63) is 82.5 Å². The number of benzene rings is 2. The van der Waals surface area contributed by atoms with Crippen LogP contribution in [-0.2, 0) is 24.3 Å². The van der Waals surface area contributed by atoms with Crippen molar-refractivity contribution >= 4 is 33.3 Å². The van der Waals surface area contributed by atoms with Gasteiger partial charge in [-0.3, -0.25) is 19.7 Å². The summed E-state index contributed by atoms with van der Waals surface area (Å²) in [6.07, 6.45) is 2.01. The molecule has 2 N–H and O–H groups in total. The monoisotopic (exact) mass is 635 g/mol. The largest absolute Gasteiger partial charge is 0.393 e. The zero-order valence-electron chi connectivity index (χ0n) is 24.5. The lowest BCUT2D eigenvalue weighted by Gasteiger charge is -2.29. The number of thiazole rings is 1. The highest BCUT2D eigenvalue weighted by Gasteiger charge is 2.35. The van der Waals surface area contributed by atoms with Gasteiger partial charge in [-0.05, 0) is 48.1 Å². The summed E-state index contributed by atoms with van der Waals surface area (Å²) >= 11 is 1.24. The van der Waals surface area contributed by atoms with E-state index in [1.54, 1.807) is 16.1 Å². The predicted octanol–water partition coefficient (Wildman–Crippen LogP) is 5.68. The first-order valence-corrected chi connectivity index (χ1v) is 15.8. The Bertz CT molecular complexity index is 1830. The molecule has 0 radical (unpaired) electrons. The second-order valence-electron chi connectivity index (χ2n) is 11.8. The van der Waals surface area contributed by atoms with Gasteiger partial charge in [0.1, 0.15) is 6.17 Å². The molecule has 5 heterocycles. The molecular formula is C32H32F3N7O2S. The maximum Gasteiger partial charge on any atom is 0.264 e. The molecule has 3 aromatic heterocycles. The van der Waals surface area contributed by atoms with Gasteiger partial charge >= 0.3 is 0 Å². The van der Waals surface area contributed by atoms with E-state index in [1.165, 1.54) is 34.6 Å². The molecule has 13 heteroatoms. The Labute approximate surface area is 261 Å². The van der Waals surface area contributed by atoms with Crippen LogP contribution in [0.25, 0.3) is 22.0 Å². The van der Waals surface area contributed by atoms with Crippen LogP contribution in [0.15, 0.2) is 54.4 Å². The highest BCUT2D eigenvalue weighted by Crippen LogP contribution is 2.38. The van der Waals surface area contributed by atoms with Crippen molar-refractivity contribution in [2.75, 3.05) is 18.4 Å². The highest BCUT2D eigenvalue weighted by molar-refractivity contribution is 7.13. The standard InChI is InChI=1S/C32H32F3N7O2S/c1-18-23(20-4-2-19(3-5-20)14-40-9-6-22(43)7-10-40)13-24(30(34)35)25-16-42(39-27(18)25)29(31(44)38-32-36-8-11-45-32)28-26-12-21(33)15-41(26)17-37-28/h2-5,8,11,13,16-17,21-22,29-30,43H,6-7,9-10,12,14-15H2,1H3,(H,36,38,44)/t21-,29?/m1/s1. The third-order valence-electron chi connectivity index (χ3n) is 8.79. The van der Waals surface area contributed by atoms with E-state index in [0.717, 1.165) is 43.6 Å². The average Bonchev–Trinajstić information content (AvgIpc) is 3.82. The first-order chi connectivity index (χ1) is 21.7. The van der Waals surface area contributed by atoms with Gasteiger partial charge in [0.25, 0.3) is 12.3 Å². The molecule has 1 saturated heterocycles. The third-order valence-corrected chi connectivity index (χ3v) is 9.48. The summed E-state index contributed by atoms with van der Waals surface area (Å²) in [6, 6.07) is 8.23. The summed E-state index contributed by atoms with van der Waals surface area (Å²) in [5.41, 5.74) is 4.27. The van der Waals surface area contributed by atoms with Crippen LogP contribution in [0.3, 0.4) is 0 Å². The Kier molecular flexibility index (Phi) is 7.92. The van der Waals surface area contributed by atoms with Gasteiger partial charge in [0, 0.05) is 60.5 Å². The van der Waals surface area contributed by atoms with Gasteiger partial charge in [0.05, 0.1) is 30.2 Å². The van der Waals surface area contributed by atoms with Crippen LogP contribution in [0, 0.1) is 6.92 Å². The van der Waals surface area contributed by atoms with Crippen molar-refractivity contribution in [1.82, 2.24) is 29.2 Å². The lowest BCUT2D eigenvalue weighted by atomic mass is 9.94. The van der Waals surface area contributed by atoms with Gasteiger partial charge in [0.15, 0.2) is 11.2 Å². The first-order valence-electron chi connectivity index (χ1n) is 14.9. The van der Waals surface area contributed by atoms with Crippen molar-refractivity contribution in [2.45, 2.75) is 64.0 Å². The summed E-state index contributed by atoms with van der Waals surface area (Å²) in [4.78, 5) is 24.6. The van der Waals surface area contributed by atoms with E-state index in [-0.39, 0.29) is 30.0 Å². The molecule has 2 aliphatic heterocycles. The second-order valence-corrected chi connectivity index (χ2v) is 12.7. The molecule has 5 aromatic rings. The van der Waals surface area contributed by atoms with Crippen LogP contribution >= 0.6 is 11.3 Å². The molecule has 1 fully saturated rings. The number of aliphatic hydroxyl groups excluding tert-OH is 1. The number of aliphatic hydroxyl groups is 1. The number of aromatic nitrogens is 5. The number of hydrogen-bond acceptors (Lipinski definition) is 7. The van der Waals surface area contributed by atoms with E-state index in [0.29, 0.717) is 33.2 Å². The molecule has 2 aliphatic rings. The number of alkyl halides is 3. The van der Waals surface area contributed by atoms with Crippen LogP contribution in [0.1, 0.15) is 53.4 Å². The topological polar surface area (TPSA) is 101 Å². The number of imidazole rings is 1. The number of fused-ring (bicyclic) bond motifs is 2. The summed E-state index contributed by atoms with van der Waals surface area (Å²) in [5, 5.41) is 19.6. The number of halogens is 3. The number of nitrogens with zero attached hydrogens (tertiary/aromatic N) is 6. The number of hydrogen-bond donors (Lipinski definition) is 2. The fourth-order valence-electron chi connectivity index (χ4n) is 6.43. The van der Waals surface area contributed by atoms with Crippen LogP contribution in [0.2, 0.25) is 0 Å². The molecule has 0 aliphatic carbocycles. The number of anilines is 1. The van der Waals surface area contributed by atoms with E-state index in [1.807, 2.05) is 31.2 Å². The van der Waals surface area contributed by atoms with Gasteiger partial charge < -0.3 is 9.67 Å². The Morgan fingerprint density at radius 2 is 1.96 bits per heavy atom. The number of amides is 1. The van der Waals surface area contributed by atoms with Gasteiger partial charge in [0.2, 0.25) is 0 Å². The van der Waals surface area contributed by atoms with Crippen molar-refractivity contribution in [3.63, 3.8) is 0 Å². The van der Waals surface area contributed by atoms with E-state index >= 15 is 0 Å². The second kappa shape index (κ2) is 12.0. The highest BCUT2D eigenvalue weighted by atomic mass is 32.1. The predicted molar refractivity (Wildman–Crippen MR) is 165 cm³/mol. The van der Waals surface area contributed by atoms with Crippen molar-refractivity contribution in [3.8, 4) is 11.1 Å². The number of piperidine rings is 1. The molecule has 2 atom stereocenters. The molecular weight excluding hydrogens is 603 g/mol. The van der Waals surface area contributed by atoms with E-state index in [2.05, 4.69) is 20.2 Å². The maximum absolute atomic E-state index is 14.6. The third kappa shape index (κ3) is 5.75. The van der Waals surface area contributed by atoms with Crippen LogP contribution in [0.5, 0.6) is 0 Å². The number of likely N-dealkylation sites (tertiary alicyclic amines) is 1. The number of nitrogens with one attached hydrogen (secondary N) is 1. The Morgan fingerprint density at radius 1 is 1.18 bits per heavy atom. The summed E-state index contributed by atoms with van der Waals surface area (Å²) < 4.78 is 46.6. The number of carbonyl (C=O) groups excluding carboxylic acids is 1. The summed E-state index contributed by atoms with van der Waals surface area (Å²) in [7, 11) is 0. The van der Waals surface area contributed by atoms with Gasteiger partial charge in [-0.1, -0.05) is 24.3 Å². The molecule has 1 unspecified atom stereocenters. The fraction of sp³-hybridized carbons (Fsp3) is 0.375. The van der Waals surface area contributed by atoms with Crippen LogP contribution < -0.4 is 5.32 Å². The lowest BCUT2D eigenvalue weighted by molar-refractivity contribution is -0.118. The molecule has 0 bridgehead atoms. The van der Waals surface area contributed by atoms with Crippen molar-refractivity contribution < 1.29 is 23.1 Å². The van der Waals surface area contributed by atoms with Gasteiger partial charge in [-0.2, -0.15) is 5.10 Å². The maximum atomic E-state index is 14.6. The van der Waals surface area contributed by atoms with E-state index in [4.69, 9.17) is 5.10 Å². The molecule has 234 valence electrons. The van der Waals surface area contributed by atoms with Crippen molar-refractivity contribution in [1.29, 1.82) is 0 Å². The van der Waals surface area contributed by atoms with Crippen LogP contribution in [0.4, 0.5) is 18.3 Å². The molecule has 0 spiro atoms. The molecule has 45 heavy (non-hydrogen) atoms.